The molecule has 29 heavy (non-hydrogen) atoms. The van der Waals surface area contributed by atoms with E-state index >= 15 is 0 Å². The van der Waals surface area contributed by atoms with Gasteiger partial charge in [-0.2, -0.15) is 0 Å². The largest absolute Gasteiger partial charge is 0.467 e. The quantitative estimate of drug-likeness (QED) is 0.673. The van der Waals surface area contributed by atoms with Crippen LogP contribution in [0.15, 0.2) is 65.4 Å². The van der Waals surface area contributed by atoms with Gasteiger partial charge in [-0.25, -0.2) is 4.98 Å². The normalized spacial score (nSPS) is 14.6. The molecule has 1 aliphatic rings. The lowest BCUT2D eigenvalue weighted by Gasteiger charge is -2.34. The third-order valence-corrected chi connectivity index (χ3v) is 5.02. The highest BCUT2D eigenvalue weighted by atomic mass is 16.3. The van der Waals surface area contributed by atoms with E-state index < -0.39 is 0 Å². The van der Waals surface area contributed by atoms with E-state index in [0.717, 1.165) is 37.6 Å². The molecular formula is C22H25N5O2. The lowest BCUT2D eigenvalue weighted by Crippen LogP contribution is -2.44. The maximum absolute atomic E-state index is 12.2. The molecule has 0 unspecified atom stereocenters. The van der Waals surface area contributed by atoms with Gasteiger partial charge in [0.05, 0.1) is 24.7 Å². The van der Waals surface area contributed by atoms with Crippen LogP contribution in [0.3, 0.4) is 0 Å². The Morgan fingerprint density at radius 3 is 2.45 bits per heavy atom. The monoisotopic (exact) mass is 391 g/mol. The summed E-state index contributed by atoms with van der Waals surface area (Å²) in [7, 11) is 2.16. The van der Waals surface area contributed by atoms with Crippen molar-refractivity contribution < 1.29 is 9.21 Å². The number of benzene rings is 1. The Kier molecular flexibility index (Phi) is 5.76. The summed E-state index contributed by atoms with van der Waals surface area (Å²) in [5, 5.41) is 6.11. The average molecular weight is 391 g/mol. The molecule has 0 bridgehead atoms. The molecule has 0 radical (unpaired) electrons. The van der Waals surface area contributed by atoms with Crippen LogP contribution in [0, 0.1) is 0 Å². The number of aromatic nitrogens is 1. The van der Waals surface area contributed by atoms with E-state index in [2.05, 4.69) is 56.7 Å². The number of likely N-dealkylation sites (N-methyl/N-ethyl adjacent to an activating group) is 1. The Hall–Kier alpha value is -3.32. The number of carbonyl (C=O) groups excluding carboxylic acids is 1. The molecule has 1 aliphatic heterocycles. The number of amides is 1. The molecule has 1 saturated heterocycles. The predicted octanol–water partition coefficient (Wildman–Crippen LogP) is 3.10. The van der Waals surface area contributed by atoms with Gasteiger partial charge >= 0.3 is 0 Å². The van der Waals surface area contributed by atoms with Gasteiger partial charge in [-0.05, 0) is 55.6 Å². The van der Waals surface area contributed by atoms with Crippen LogP contribution in [-0.4, -0.2) is 49.0 Å². The zero-order valence-electron chi connectivity index (χ0n) is 16.5. The van der Waals surface area contributed by atoms with Crippen molar-refractivity contribution in [3.05, 3.63) is 72.4 Å². The van der Waals surface area contributed by atoms with Crippen molar-refractivity contribution in [1.82, 2.24) is 15.2 Å². The van der Waals surface area contributed by atoms with Gasteiger partial charge in [0.2, 0.25) is 0 Å². The van der Waals surface area contributed by atoms with Crippen LogP contribution in [0.1, 0.15) is 16.2 Å². The second kappa shape index (κ2) is 8.79. The summed E-state index contributed by atoms with van der Waals surface area (Å²) in [6.45, 7) is 4.63. The minimum atomic E-state index is -0.232. The summed E-state index contributed by atoms with van der Waals surface area (Å²) in [4.78, 5) is 21.2. The first-order chi connectivity index (χ1) is 14.2. The molecule has 0 saturated carbocycles. The molecule has 7 nitrogen and oxygen atoms in total. The summed E-state index contributed by atoms with van der Waals surface area (Å²) in [6.07, 6.45) is 3.24. The summed E-state index contributed by atoms with van der Waals surface area (Å²) in [5.74, 6) is 0.473. The van der Waals surface area contributed by atoms with Gasteiger partial charge in [-0.1, -0.05) is 0 Å². The molecule has 0 aliphatic carbocycles. The van der Waals surface area contributed by atoms with Crippen molar-refractivity contribution in [2.75, 3.05) is 43.4 Å². The number of pyridine rings is 1. The maximum atomic E-state index is 12.2. The van der Waals surface area contributed by atoms with E-state index in [1.807, 2.05) is 12.1 Å². The Labute approximate surface area is 170 Å². The number of carbonyl (C=O) groups is 1. The molecule has 2 N–H and O–H groups in total. The van der Waals surface area contributed by atoms with Crippen molar-refractivity contribution in [2.45, 2.75) is 6.54 Å². The van der Waals surface area contributed by atoms with E-state index in [0.29, 0.717) is 18.0 Å². The fourth-order valence-electron chi connectivity index (χ4n) is 3.26. The van der Waals surface area contributed by atoms with Crippen molar-refractivity contribution in [3.63, 3.8) is 0 Å². The van der Waals surface area contributed by atoms with Gasteiger partial charge < -0.3 is 24.9 Å². The summed E-state index contributed by atoms with van der Waals surface area (Å²) < 4.78 is 5.21. The molecule has 150 valence electrons. The number of nitrogens with one attached hydrogen (secondary N) is 2. The van der Waals surface area contributed by atoms with E-state index in [1.165, 1.54) is 5.69 Å². The predicted molar refractivity (Wildman–Crippen MR) is 114 cm³/mol. The topological polar surface area (TPSA) is 73.6 Å². The zero-order chi connectivity index (χ0) is 20.1. The molecule has 0 spiro atoms. The molecule has 1 amide bonds. The van der Waals surface area contributed by atoms with Gasteiger partial charge in [0.15, 0.2) is 0 Å². The second-order valence-electron chi connectivity index (χ2n) is 7.16. The Morgan fingerprint density at radius 2 is 1.79 bits per heavy atom. The lowest BCUT2D eigenvalue weighted by molar-refractivity contribution is 0.0943. The maximum Gasteiger partial charge on any atom is 0.270 e. The van der Waals surface area contributed by atoms with Gasteiger partial charge in [0.1, 0.15) is 11.5 Å². The number of furan rings is 1. The molecular weight excluding hydrogens is 366 g/mol. The molecule has 4 rings (SSSR count). The average Bonchev–Trinajstić information content (AvgIpc) is 3.27. The first kappa shape index (κ1) is 19.0. The van der Waals surface area contributed by atoms with E-state index in [4.69, 9.17) is 4.42 Å². The van der Waals surface area contributed by atoms with Crippen LogP contribution in [0.4, 0.5) is 17.1 Å². The fraction of sp³-hybridized carbons (Fsp3) is 0.273. The van der Waals surface area contributed by atoms with Crippen LogP contribution >= 0.6 is 0 Å². The number of anilines is 3. The van der Waals surface area contributed by atoms with Crippen LogP contribution in [-0.2, 0) is 6.54 Å². The second-order valence-corrected chi connectivity index (χ2v) is 7.16. The number of rotatable bonds is 6. The highest BCUT2D eigenvalue weighted by molar-refractivity contribution is 5.92. The molecule has 3 aromatic rings. The number of hydrogen-bond acceptors (Lipinski definition) is 6. The zero-order valence-corrected chi connectivity index (χ0v) is 16.5. The van der Waals surface area contributed by atoms with Crippen LogP contribution in [0.2, 0.25) is 0 Å². The summed E-state index contributed by atoms with van der Waals surface area (Å²) in [5.41, 5.74) is 3.43. The van der Waals surface area contributed by atoms with Crippen LogP contribution in [0.25, 0.3) is 0 Å². The lowest BCUT2D eigenvalue weighted by atomic mass is 10.2. The highest BCUT2D eigenvalue weighted by Gasteiger charge is 2.14. The molecule has 1 aromatic carbocycles. The number of nitrogens with zero attached hydrogens (tertiary/aromatic N) is 3. The van der Waals surface area contributed by atoms with Gasteiger partial charge in [-0.3, -0.25) is 4.79 Å². The Morgan fingerprint density at radius 1 is 1.03 bits per heavy atom. The molecule has 7 heteroatoms. The van der Waals surface area contributed by atoms with Gasteiger partial charge in [0.25, 0.3) is 5.91 Å². The van der Waals surface area contributed by atoms with E-state index in [9.17, 15) is 4.79 Å². The SMILES string of the molecule is CN1CCN(c2ccc(Nc3ccc(C(=O)NCc4ccco4)nc3)cc2)CC1. The third-order valence-electron chi connectivity index (χ3n) is 5.02. The minimum absolute atomic E-state index is 0.232. The molecule has 2 aromatic heterocycles. The van der Waals surface area contributed by atoms with Crippen molar-refractivity contribution in [3.8, 4) is 0 Å². The molecule has 1 fully saturated rings. The smallest absolute Gasteiger partial charge is 0.270 e. The first-order valence-electron chi connectivity index (χ1n) is 9.74. The molecule has 3 heterocycles. The number of piperazine rings is 1. The van der Waals surface area contributed by atoms with Gasteiger partial charge in [-0.15, -0.1) is 0 Å². The summed E-state index contributed by atoms with van der Waals surface area (Å²) in [6, 6.07) is 15.6. The van der Waals surface area contributed by atoms with Crippen molar-refractivity contribution in [1.29, 1.82) is 0 Å². The van der Waals surface area contributed by atoms with Crippen molar-refractivity contribution >= 4 is 23.0 Å². The fourth-order valence-corrected chi connectivity index (χ4v) is 3.26. The minimum Gasteiger partial charge on any atom is -0.467 e. The Balaban J connectivity index is 1.32. The molecule has 0 atom stereocenters. The van der Waals surface area contributed by atoms with Crippen LogP contribution in [0.5, 0.6) is 0 Å². The third kappa shape index (κ3) is 4.94. The van der Waals surface area contributed by atoms with E-state index in [-0.39, 0.29) is 5.91 Å². The van der Waals surface area contributed by atoms with Crippen molar-refractivity contribution in [2.24, 2.45) is 0 Å². The standard InChI is InChI=1S/C22H25N5O2/c1-26-10-12-27(13-11-26)19-7-4-17(5-8-19)25-18-6-9-21(23-15-18)22(28)24-16-20-3-2-14-29-20/h2-9,14-15,25H,10-13,16H2,1H3,(H,24,28). The Bertz CT molecular complexity index is 915. The first-order valence-corrected chi connectivity index (χ1v) is 9.74. The van der Waals surface area contributed by atoms with Gasteiger partial charge in [0, 0.05) is 37.6 Å². The number of hydrogen-bond donors (Lipinski definition) is 2. The highest BCUT2D eigenvalue weighted by Crippen LogP contribution is 2.22. The summed E-state index contributed by atoms with van der Waals surface area (Å²) >= 11 is 0. The van der Waals surface area contributed by atoms with Crippen LogP contribution < -0.4 is 15.5 Å². The van der Waals surface area contributed by atoms with E-state index in [1.54, 1.807) is 24.6 Å².